The van der Waals surface area contributed by atoms with E-state index in [1.165, 1.54) is 6.26 Å². The van der Waals surface area contributed by atoms with Crippen LogP contribution in [0, 0.1) is 0 Å². The van der Waals surface area contributed by atoms with Crippen LogP contribution in [0.1, 0.15) is 41.9 Å². The van der Waals surface area contributed by atoms with Crippen LogP contribution >= 0.6 is 0 Å². The van der Waals surface area contributed by atoms with Gasteiger partial charge in [-0.2, -0.15) is 0 Å². The van der Waals surface area contributed by atoms with Gasteiger partial charge in [-0.1, -0.05) is 12.1 Å². The maximum absolute atomic E-state index is 12.1. The van der Waals surface area contributed by atoms with Crippen molar-refractivity contribution in [2.45, 2.75) is 25.8 Å². The Morgan fingerprint density at radius 2 is 2.04 bits per heavy atom. The zero-order valence-electron chi connectivity index (χ0n) is 15.1. The quantitative estimate of drug-likeness (QED) is 0.600. The van der Waals surface area contributed by atoms with Gasteiger partial charge >= 0.3 is 0 Å². The van der Waals surface area contributed by atoms with Crippen molar-refractivity contribution in [3.05, 3.63) is 72.7 Å². The van der Waals surface area contributed by atoms with E-state index in [1.54, 1.807) is 24.7 Å². The summed E-state index contributed by atoms with van der Waals surface area (Å²) in [4.78, 5) is 27.8. The highest BCUT2D eigenvalue weighted by Crippen LogP contribution is 2.16. The van der Waals surface area contributed by atoms with Gasteiger partial charge in [-0.25, -0.2) is 4.98 Å². The molecule has 0 bridgehead atoms. The van der Waals surface area contributed by atoms with E-state index in [9.17, 15) is 9.59 Å². The molecule has 2 aromatic heterocycles. The number of hydrogen-bond acceptors (Lipinski definition) is 4. The van der Waals surface area contributed by atoms with Gasteiger partial charge < -0.3 is 19.6 Å². The molecule has 0 aliphatic carbocycles. The Labute approximate surface area is 157 Å². The third-order valence-electron chi connectivity index (χ3n) is 4.18. The summed E-state index contributed by atoms with van der Waals surface area (Å²) in [7, 11) is 0. The first-order valence-electron chi connectivity index (χ1n) is 8.83. The molecule has 140 valence electrons. The molecule has 0 aliphatic rings. The zero-order chi connectivity index (χ0) is 19.1. The molecule has 0 fully saturated rings. The monoisotopic (exact) mass is 366 g/mol. The van der Waals surface area contributed by atoms with Crippen molar-refractivity contribution in [1.29, 1.82) is 0 Å². The average molecular weight is 366 g/mol. The Bertz CT molecular complexity index is 855. The summed E-state index contributed by atoms with van der Waals surface area (Å²) in [6.07, 6.45) is 7.70. The lowest BCUT2D eigenvalue weighted by atomic mass is 10.1. The molecule has 0 radical (unpaired) electrons. The number of imidazole rings is 1. The normalized spacial score (nSPS) is 11.7. The molecule has 0 aliphatic heterocycles. The lowest BCUT2D eigenvalue weighted by molar-refractivity contribution is -0.121. The van der Waals surface area contributed by atoms with E-state index in [-0.39, 0.29) is 23.6 Å². The number of amides is 2. The lowest BCUT2D eigenvalue weighted by Crippen LogP contribution is -2.28. The Hall–Kier alpha value is -3.35. The first kappa shape index (κ1) is 18.4. The summed E-state index contributed by atoms with van der Waals surface area (Å²) < 4.78 is 6.93. The molecule has 27 heavy (non-hydrogen) atoms. The predicted octanol–water partition coefficient (Wildman–Crippen LogP) is 2.85. The van der Waals surface area contributed by atoms with Gasteiger partial charge in [0.2, 0.25) is 5.91 Å². The van der Waals surface area contributed by atoms with E-state index >= 15 is 0 Å². The van der Waals surface area contributed by atoms with Crippen molar-refractivity contribution in [3.63, 3.8) is 0 Å². The van der Waals surface area contributed by atoms with Gasteiger partial charge in [-0.05, 0) is 43.2 Å². The largest absolute Gasteiger partial charge is 0.459 e. The highest BCUT2D eigenvalue weighted by molar-refractivity contribution is 5.91. The smallest absolute Gasteiger partial charge is 0.286 e. The van der Waals surface area contributed by atoms with Gasteiger partial charge in [0, 0.05) is 31.0 Å². The molecule has 7 nitrogen and oxygen atoms in total. The molecule has 0 spiro atoms. The molecule has 7 heteroatoms. The van der Waals surface area contributed by atoms with Crippen LogP contribution in [0.25, 0.3) is 5.69 Å². The van der Waals surface area contributed by atoms with Crippen molar-refractivity contribution in [1.82, 2.24) is 20.2 Å². The first-order chi connectivity index (χ1) is 13.1. The average Bonchev–Trinajstić information content (AvgIpc) is 3.39. The molecule has 1 aromatic carbocycles. The van der Waals surface area contributed by atoms with E-state index < -0.39 is 0 Å². The summed E-state index contributed by atoms with van der Waals surface area (Å²) in [5.74, 6) is -0.0487. The van der Waals surface area contributed by atoms with E-state index in [4.69, 9.17) is 4.42 Å². The second kappa shape index (κ2) is 8.84. The standard InChI is InChI=1S/C20H22N4O3/c1-15(16-6-8-17(9-7-16)24-12-11-21-14-24)23-19(25)5-2-10-22-20(26)18-4-3-13-27-18/h3-4,6-9,11-15H,2,5,10H2,1H3,(H,22,26)(H,23,25). The number of aromatic nitrogens is 2. The molecule has 2 N–H and O–H groups in total. The summed E-state index contributed by atoms with van der Waals surface area (Å²) in [6.45, 7) is 2.36. The summed E-state index contributed by atoms with van der Waals surface area (Å²) in [5, 5.41) is 5.70. The second-order valence-electron chi connectivity index (χ2n) is 6.19. The molecule has 3 aromatic rings. The maximum Gasteiger partial charge on any atom is 0.286 e. The van der Waals surface area contributed by atoms with Gasteiger partial charge in [-0.3, -0.25) is 9.59 Å². The van der Waals surface area contributed by atoms with Crippen LogP contribution in [0.4, 0.5) is 0 Å². The zero-order valence-corrected chi connectivity index (χ0v) is 15.1. The summed E-state index contributed by atoms with van der Waals surface area (Å²) >= 11 is 0. The van der Waals surface area contributed by atoms with E-state index in [2.05, 4.69) is 15.6 Å². The molecular weight excluding hydrogens is 344 g/mol. The Kier molecular flexibility index (Phi) is 6.04. The highest BCUT2D eigenvalue weighted by atomic mass is 16.3. The Morgan fingerprint density at radius 1 is 1.22 bits per heavy atom. The SMILES string of the molecule is CC(NC(=O)CCCNC(=O)c1ccco1)c1ccc(-n2ccnc2)cc1. The third-order valence-corrected chi connectivity index (χ3v) is 4.18. The van der Waals surface area contributed by atoms with Gasteiger partial charge in [0.1, 0.15) is 0 Å². The van der Waals surface area contributed by atoms with Gasteiger partial charge in [-0.15, -0.1) is 0 Å². The number of rotatable bonds is 8. The van der Waals surface area contributed by atoms with Crippen LogP contribution in [-0.4, -0.2) is 27.9 Å². The number of nitrogens with zero attached hydrogens (tertiary/aromatic N) is 2. The minimum Gasteiger partial charge on any atom is -0.459 e. The lowest BCUT2D eigenvalue weighted by Gasteiger charge is -2.15. The van der Waals surface area contributed by atoms with E-state index in [1.807, 2.05) is 42.0 Å². The predicted molar refractivity (Wildman–Crippen MR) is 100 cm³/mol. The number of benzene rings is 1. The van der Waals surface area contributed by atoms with Gasteiger partial charge in [0.25, 0.3) is 5.91 Å². The molecule has 2 amide bonds. The third kappa shape index (κ3) is 5.07. The number of carbonyl (C=O) groups is 2. The number of hydrogen-bond donors (Lipinski definition) is 2. The maximum atomic E-state index is 12.1. The number of nitrogens with one attached hydrogen (secondary N) is 2. The van der Waals surface area contributed by atoms with Crippen molar-refractivity contribution >= 4 is 11.8 Å². The van der Waals surface area contributed by atoms with E-state index in [0.717, 1.165) is 11.3 Å². The molecule has 1 atom stereocenters. The van der Waals surface area contributed by atoms with Gasteiger partial charge in [0.05, 0.1) is 18.6 Å². The van der Waals surface area contributed by atoms with Crippen molar-refractivity contribution in [2.24, 2.45) is 0 Å². The van der Waals surface area contributed by atoms with Crippen LogP contribution in [0.5, 0.6) is 0 Å². The van der Waals surface area contributed by atoms with Gasteiger partial charge in [0.15, 0.2) is 5.76 Å². The number of carbonyl (C=O) groups excluding carboxylic acids is 2. The molecule has 2 heterocycles. The molecule has 3 rings (SSSR count). The fourth-order valence-electron chi connectivity index (χ4n) is 2.69. The minimum absolute atomic E-state index is 0.0477. The fraction of sp³-hybridized carbons (Fsp3) is 0.250. The highest BCUT2D eigenvalue weighted by Gasteiger charge is 2.11. The fourth-order valence-corrected chi connectivity index (χ4v) is 2.69. The molecular formula is C20H22N4O3. The first-order valence-corrected chi connectivity index (χ1v) is 8.83. The Balaban J connectivity index is 1.40. The number of furan rings is 1. The topological polar surface area (TPSA) is 89.2 Å². The van der Waals surface area contributed by atoms with Crippen LogP contribution in [0.2, 0.25) is 0 Å². The van der Waals surface area contributed by atoms with Crippen LogP contribution in [0.15, 0.2) is 65.8 Å². The minimum atomic E-state index is -0.272. The van der Waals surface area contributed by atoms with Crippen LogP contribution < -0.4 is 10.6 Å². The van der Waals surface area contributed by atoms with E-state index in [0.29, 0.717) is 19.4 Å². The molecule has 1 unspecified atom stereocenters. The van der Waals surface area contributed by atoms with Crippen molar-refractivity contribution in [2.75, 3.05) is 6.54 Å². The van der Waals surface area contributed by atoms with Crippen molar-refractivity contribution in [3.8, 4) is 5.69 Å². The van der Waals surface area contributed by atoms with Crippen LogP contribution in [0.3, 0.4) is 0 Å². The molecule has 0 saturated heterocycles. The summed E-state index contributed by atoms with van der Waals surface area (Å²) in [5.41, 5.74) is 2.04. The summed E-state index contributed by atoms with van der Waals surface area (Å²) in [6, 6.07) is 11.1. The van der Waals surface area contributed by atoms with Crippen LogP contribution in [-0.2, 0) is 4.79 Å². The van der Waals surface area contributed by atoms with Crippen molar-refractivity contribution < 1.29 is 14.0 Å². The Morgan fingerprint density at radius 3 is 2.70 bits per heavy atom. The second-order valence-corrected chi connectivity index (χ2v) is 6.19. The molecule has 0 saturated carbocycles.